The number of halogens is 1. The molecule has 1 aliphatic heterocycles. The molecule has 3 rings (SSSR count). The smallest absolute Gasteiger partial charge is 0.338 e. The number of rotatable bonds is 5. The van der Waals surface area contributed by atoms with Gasteiger partial charge in [-0.25, -0.2) is 9.78 Å². The highest BCUT2D eigenvalue weighted by Gasteiger charge is 2.25. The molecule has 0 bridgehead atoms. The highest BCUT2D eigenvalue weighted by atomic mass is 35.5. The van der Waals surface area contributed by atoms with Crippen molar-refractivity contribution in [3.8, 4) is 17.6 Å². The Kier molecular flexibility index (Phi) is 5.94. The van der Waals surface area contributed by atoms with E-state index in [1.165, 1.54) is 23.5 Å². The lowest BCUT2D eigenvalue weighted by Gasteiger charge is -2.11. The van der Waals surface area contributed by atoms with Crippen LogP contribution < -0.4 is 9.47 Å². The number of esters is 1. The molecule has 7 nitrogen and oxygen atoms in total. The van der Waals surface area contributed by atoms with Crippen molar-refractivity contribution in [2.45, 2.75) is 19.3 Å². The van der Waals surface area contributed by atoms with Gasteiger partial charge in [0.1, 0.15) is 5.01 Å². The first-order chi connectivity index (χ1) is 13.0. The molecule has 0 spiro atoms. The molecule has 0 N–H and O–H groups in total. The maximum atomic E-state index is 12.3. The quantitative estimate of drug-likeness (QED) is 0.702. The Morgan fingerprint density at radius 2 is 2.19 bits per heavy atom. The molecule has 9 heteroatoms. The lowest BCUT2D eigenvalue weighted by molar-refractivity contribution is -0.122. The molecule has 0 amide bonds. The van der Waals surface area contributed by atoms with Gasteiger partial charge < -0.3 is 14.2 Å². The maximum Gasteiger partial charge on any atom is 0.338 e. The third-order valence-corrected chi connectivity index (χ3v) is 5.03. The van der Waals surface area contributed by atoms with E-state index in [-0.39, 0.29) is 10.6 Å². The van der Waals surface area contributed by atoms with Crippen molar-refractivity contribution in [1.29, 1.82) is 5.26 Å². The average Bonchev–Trinajstić information content (AvgIpc) is 2.92. The molecule has 1 aromatic heterocycles. The van der Waals surface area contributed by atoms with Gasteiger partial charge in [-0.2, -0.15) is 5.26 Å². The van der Waals surface area contributed by atoms with Crippen LogP contribution in [0.15, 0.2) is 17.5 Å². The molecule has 0 radical (unpaired) electrons. The predicted octanol–water partition coefficient (Wildman–Crippen LogP) is 3.30. The van der Waals surface area contributed by atoms with Crippen molar-refractivity contribution in [3.63, 3.8) is 0 Å². The van der Waals surface area contributed by atoms with Crippen molar-refractivity contribution in [2.24, 2.45) is 0 Å². The van der Waals surface area contributed by atoms with E-state index in [0.717, 1.165) is 5.69 Å². The van der Waals surface area contributed by atoms with Crippen molar-refractivity contribution in [1.82, 2.24) is 4.98 Å². The number of hydrogen-bond acceptors (Lipinski definition) is 8. The molecule has 0 fully saturated rings. The highest BCUT2D eigenvalue weighted by Crippen LogP contribution is 2.38. The molecular weight excluding hydrogens is 392 g/mol. The summed E-state index contributed by atoms with van der Waals surface area (Å²) in [5, 5.41) is 11.6. The minimum absolute atomic E-state index is 0.135. The second-order valence-electron chi connectivity index (χ2n) is 5.77. The Morgan fingerprint density at radius 1 is 1.41 bits per heavy atom. The summed E-state index contributed by atoms with van der Waals surface area (Å²) in [6, 6.07) is 4.76. The van der Waals surface area contributed by atoms with Gasteiger partial charge in [0.25, 0.3) is 0 Å². The number of benzene rings is 1. The van der Waals surface area contributed by atoms with Crippen LogP contribution in [-0.4, -0.2) is 36.6 Å². The molecule has 0 saturated carbocycles. The second-order valence-corrected chi connectivity index (χ2v) is 7.06. The van der Waals surface area contributed by atoms with Gasteiger partial charge in [-0.3, -0.25) is 4.79 Å². The fourth-order valence-corrected chi connectivity index (χ4v) is 3.55. The molecule has 27 heavy (non-hydrogen) atoms. The van der Waals surface area contributed by atoms with Gasteiger partial charge in [0.05, 0.1) is 29.9 Å². The Bertz CT molecular complexity index is 921. The van der Waals surface area contributed by atoms with Crippen LogP contribution in [-0.2, 0) is 9.53 Å². The zero-order chi connectivity index (χ0) is 19.4. The van der Waals surface area contributed by atoms with Crippen LogP contribution >= 0.6 is 22.9 Å². The number of fused-ring (bicyclic) bond motifs is 1. The van der Waals surface area contributed by atoms with E-state index < -0.39 is 24.3 Å². The van der Waals surface area contributed by atoms with E-state index in [0.29, 0.717) is 36.1 Å². The molecule has 0 aliphatic carbocycles. The van der Waals surface area contributed by atoms with Gasteiger partial charge in [0.2, 0.25) is 0 Å². The number of ether oxygens (including phenoxy) is 3. The number of aryl methyl sites for hydroxylation is 1. The lowest BCUT2D eigenvalue weighted by Crippen LogP contribution is -2.20. The SMILES string of the molecule is Cc1csc([C@H](C#N)C(=O)COC(=O)c2cc(Cl)c3c(c2)OCCCO3)n1. The number of nitrogens with zero attached hydrogens (tertiary/aromatic N) is 2. The third kappa shape index (κ3) is 4.38. The van der Waals surface area contributed by atoms with Crippen molar-refractivity contribution in [3.05, 3.63) is 38.8 Å². The number of aromatic nitrogens is 1. The van der Waals surface area contributed by atoms with Gasteiger partial charge in [-0.15, -0.1) is 11.3 Å². The topological polar surface area (TPSA) is 98.5 Å². The summed E-state index contributed by atoms with van der Waals surface area (Å²) in [6.07, 6.45) is 0.699. The van der Waals surface area contributed by atoms with E-state index in [1.54, 1.807) is 12.3 Å². The molecule has 1 aliphatic rings. The number of ketones is 1. The zero-order valence-electron chi connectivity index (χ0n) is 14.4. The summed E-state index contributed by atoms with van der Waals surface area (Å²) >= 11 is 7.37. The fourth-order valence-electron chi connectivity index (χ4n) is 2.42. The summed E-state index contributed by atoms with van der Waals surface area (Å²) in [4.78, 5) is 28.7. The van der Waals surface area contributed by atoms with Gasteiger partial charge in [-0.1, -0.05) is 11.6 Å². The lowest BCUT2D eigenvalue weighted by atomic mass is 10.1. The van der Waals surface area contributed by atoms with E-state index in [2.05, 4.69) is 4.98 Å². The number of carbonyl (C=O) groups is 2. The summed E-state index contributed by atoms with van der Waals surface area (Å²) in [6.45, 7) is 2.14. The largest absolute Gasteiger partial charge is 0.489 e. The van der Waals surface area contributed by atoms with E-state index in [4.69, 9.17) is 25.8 Å². The molecule has 2 heterocycles. The maximum absolute atomic E-state index is 12.3. The van der Waals surface area contributed by atoms with Crippen LogP contribution in [0.5, 0.6) is 11.5 Å². The van der Waals surface area contributed by atoms with Crippen LogP contribution in [0.3, 0.4) is 0 Å². The fraction of sp³-hybridized carbons (Fsp3) is 0.333. The number of thiazole rings is 1. The Hall–Kier alpha value is -2.63. The van der Waals surface area contributed by atoms with Crippen LogP contribution in [0.4, 0.5) is 0 Å². The van der Waals surface area contributed by atoms with Gasteiger partial charge in [0.15, 0.2) is 29.8 Å². The molecule has 1 atom stereocenters. The number of carbonyl (C=O) groups excluding carboxylic acids is 2. The number of Topliss-reactive ketones (excluding diaryl/α,β-unsaturated/α-hetero) is 1. The Labute approximate surface area is 164 Å². The standard InChI is InChI=1S/C18H15ClN2O5S/c1-10-9-27-17(21-10)12(7-20)14(22)8-26-18(23)11-5-13(19)16-15(6-11)24-3-2-4-25-16/h5-6,9,12H,2-4,8H2,1H3/t12-/m1/s1. The van der Waals surface area contributed by atoms with Crippen molar-refractivity contribution >= 4 is 34.7 Å². The first-order valence-corrected chi connectivity index (χ1v) is 9.36. The predicted molar refractivity (Wildman–Crippen MR) is 97.6 cm³/mol. The minimum atomic E-state index is -1.07. The second kappa shape index (κ2) is 8.37. The Balaban J connectivity index is 1.69. The van der Waals surface area contributed by atoms with Crippen LogP contribution in [0.2, 0.25) is 5.02 Å². The van der Waals surface area contributed by atoms with Crippen molar-refractivity contribution in [2.75, 3.05) is 19.8 Å². The third-order valence-electron chi connectivity index (χ3n) is 3.72. The molecule has 0 unspecified atom stereocenters. The molecular formula is C18H15ClN2O5S. The van der Waals surface area contributed by atoms with E-state index in [9.17, 15) is 14.9 Å². The number of nitriles is 1. The molecule has 2 aromatic rings. The highest BCUT2D eigenvalue weighted by molar-refractivity contribution is 7.09. The molecule has 0 saturated heterocycles. The summed E-state index contributed by atoms with van der Waals surface area (Å²) in [5.41, 5.74) is 0.859. The molecule has 140 valence electrons. The monoisotopic (exact) mass is 406 g/mol. The first-order valence-electron chi connectivity index (χ1n) is 8.10. The summed E-state index contributed by atoms with van der Waals surface area (Å²) in [7, 11) is 0. The normalized spacial score (nSPS) is 14.0. The van der Waals surface area contributed by atoms with Gasteiger partial charge >= 0.3 is 5.97 Å². The minimum Gasteiger partial charge on any atom is -0.489 e. The van der Waals surface area contributed by atoms with Gasteiger partial charge in [-0.05, 0) is 19.1 Å². The first kappa shape index (κ1) is 19.1. The van der Waals surface area contributed by atoms with Gasteiger partial charge in [0, 0.05) is 17.5 Å². The van der Waals surface area contributed by atoms with Crippen LogP contribution in [0.1, 0.15) is 33.4 Å². The number of hydrogen-bond donors (Lipinski definition) is 0. The zero-order valence-corrected chi connectivity index (χ0v) is 15.9. The molecule has 1 aromatic carbocycles. The van der Waals surface area contributed by atoms with Crippen LogP contribution in [0, 0.1) is 18.3 Å². The van der Waals surface area contributed by atoms with E-state index in [1.807, 2.05) is 6.07 Å². The van der Waals surface area contributed by atoms with E-state index >= 15 is 0 Å². The Morgan fingerprint density at radius 3 is 2.89 bits per heavy atom. The summed E-state index contributed by atoms with van der Waals surface area (Å²) < 4.78 is 16.1. The van der Waals surface area contributed by atoms with Crippen molar-refractivity contribution < 1.29 is 23.8 Å². The summed E-state index contributed by atoms with van der Waals surface area (Å²) in [5.74, 6) is -1.62. The average molecular weight is 407 g/mol. The van der Waals surface area contributed by atoms with Crippen LogP contribution in [0.25, 0.3) is 0 Å².